The van der Waals surface area contributed by atoms with E-state index >= 15 is 0 Å². The van der Waals surface area contributed by atoms with E-state index in [9.17, 15) is 13.6 Å². The van der Waals surface area contributed by atoms with Gasteiger partial charge in [-0.2, -0.15) is 0 Å². The van der Waals surface area contributed by atoms with Gasteiger partial charge in [-0.05, 0) is 12.1 Å². The summed E-state index contributed by atoms with van der Waals surface area (Å²) in [6, 6.07) is 3.54. The quantitative estimate of drug-likeness (QED) is 0.872. The zero-order valence-corrected chi connectivity index (χ0v) is 11.4. The molecule has 0 aliphatic carbocycles. The van der Waals surface area contributed by atoms with Crippen LogP contribution in [0.5, 0.6) is 0 Å². The maximum atomic E-state index is 13.1. The van der Waals surface area contributed by atoms with Crippen molar-refractivity contribution in [1.82, 2.24) is 14.4 Å². The minimum atomic E-state index is -3.08. The third-order valence-electron chi connectivity index (χ3n) is 3.51. The Labute approximate surface area is 116 Å². The van der Waals surface area contributed by atoms with Crippen molar-refractivity contribution in [2.75, 3.05) is 39.3 Å². The molecule has 7 heteroatoms. The summed E-state index contributed by atoms with van der Waals surface area (Å²) < 4.78 is 27.9. The number of piperazine rings is 1. The zero-order chi connectivity index (χ0) is 14.8. The van der Waals surface area contributed by atoms with Crippen LogP contribution in [0.2, 0.25) is 0 Å². The van der Waals surface area contributed by atoms with Gasteiger partial charge < -0.3 is 14.6 Å². The average molecular weight is 287 g/mol. The normalized spacial score (nSPS) is 17.5. The smallest absolute Gasteiger partial charge is 0.283 e. The number of amides is 1. The Kier molecular flexibility index (Phi) is 4.39. The molecular formula is C13H19F2N3O2. The van der Waals surface area contributed by atoms with Crippen molar-refractivity contribution in [3.8, 4) is 0 Å². The van der Waals surface area contributed by atoms with Gasteiger partial charge in [-0.3, -0.25) is 9.69 Å². The van der Waals surface area contributed by atoms with E-state index in [1.165, 1.54) is 0 Å². The number of hydrogen-bond acceptors (Lipinski definition) is 3. The molecule has 2 heterocycles. The van der Waals surface area contributed by atoms with Crippen LogP contribution in [0.1, 0.15) is 10.5 Å². The predicted octanol–water partition coefficient (Wildman–Crippen LogP) is 0.410. The number of nitrogens with zero attached hydrogens (tertiary/aromatic N) is 3. The molecule has 20 heavy (non-hydrogen) atoms. The van der Waals surface area contributed by atoms with Crippen LogP contribution in [0.15, 0.2) is 18.3 Å². The number of hydrogen-bond donors (Lipinski definition) is 1. The second-order valence-corrected chi connectivity index (χ2v) is 5.09. The molecule has 0 radical (unpaired) electrons. The first kappa shape index (κ1) is 14.9. The zero-order valence-electron chi connectivity index (χ0n) is 11.4. The Morgan fingerprint density at radius 3 is 2.50 bits per heavy atom. The van der Waals surface area contributed by atoms with Crippen molar-refractivity contribution in [2.45, 2.75) is 5.92 Å². The van der Waals surface area contributed by atoms with Crippen LogP contribution < -0.4 is 0 Å². The third-order valence-corrected chi connectivity index (χ3v) is 3.51. The molecule has 1 aromatic rings. The van der Waals surface area contributed by atoms with Gasteiger partial charge in [0, 0.05) is 39.4 Å². The van der Waals surface area contributed by atoms with Gasteiger partial charge in [0.15, 0.2) is 0 Å². The average Bonchev–Trinajstić information content (AvgIpc) is 2.85. The first-order chi connectivity index (χ1) is 9.43. The van der Waals surface area contributed by atoms with Crippen LogP contribution in [0, 0.1) is 0 Å². The summed E-state index contributed by atoms with van der Waals surface area (Å²) in [6.07, 6.45) is 1.80. The molecule has 1 saturated heterocycles. The van der Waals surface area contributed by atoms with Gasteiger partial charge >= 0.3 is 0 Å². The van der Waals surface area contributed by atoms with Gasteiger partial charge in [0.1, 0.15) is 12.3 Å². The first-order valence-electron chi connectivity index (χ1n) is 6.54. The number of carbonyl (C=O) groups is 1. The summed E-state index contributed by atoms with van der Waals surface area (Å²) >= 11 is 0. The maximum absolute atomic E-state index is 13.1. The lowest BCUT2D eigenvalue weighted by Crippen LogP contribution is -2.52. The third kappa shape index (κ3) is 3.34. The van der Waals surface area contributed by atoms with Crippen molar-refractivity contribution in [3.63, 3.8) is 0 Å². The molecule has 0 bridgehead atoms. The van der Waals surface area contributed by atoms with Gasteiger partial charge in [0.25, 0.3) is 11.8 Å². The molecule has 0 atom stereocenters. The summed E-state index contributed by atoms with van der Waals surface area (Å²) in [7, 11) is 1.80. The van der Waals surface area contributed by atoms with Crippen molar-refractivity contribution in [1.29, 1.82) is 0 Å². The molecule has 0 spiro atoms. The van der Waals surface area contributed by atoms with Crippen LogP contribution in [0.25, 0.3) is 0 Å². The van der Waals surface area contributed by atoms with Gasteiger partial charge in [0.2, 0.25) is 0 Å². The Bertz CT molecular complexity index is 468. The standard InChI is InChI=1S/C13H19F2N3O2/c1-16-4-2-3-11(16)12(20)18-7-5-17(6-8-18)9-13(14,15)10-19/h2-4,19H,5-10H2,1H3. The molecule has 2 rings (SSSR count). The predicted molar refractivity (Wildman–Crippen MR) is 69.8 cm³/mol. The summed E-state index contributed by atoms with van der Waals surface area (Å²) in [6.45, 7) is 0.0275. The van der Waals surface area contributed by atoms with E-state index in [1.807, 2.05) is 0 Å². The Hall–Kier alpha value is -1.47. The molecule has 1 N–H and O–H groups in total. The fourth-order valence-electron chi connectivity index (χ4n) is 2.33. The second kappa shape index (κ2) is 5.88. The minimum absolute atomic E-state index is 0.0777. The molecule has 112 valence electrons. The van der Waals surface area contributed by atoms with Gasteiger partial charge in [-0.15, -0.1) is 0 Å². The Balaban J connectivity index is 1.89. The lowest BCUT2D eigenvalue weighted by Gasteiger charge is -2.36. The highest BCUT2D eigenvalue weighted by Gasteiger charge is 2.33. The number of rotatable bonds is 4. The van der Waals surface area contributed by atoms with Crippen LogP contribution in [-0.2, 0) is 7.05 Å². The van der Waals surface area contributed by atoms with Crippen molar-refractivity contribution >= 4 is 5.91 Å². The fourth-order valence-corrected chi connectivity index (χ4v) is 2.33. The van der Waals surface area contributed by atoms with E-state index in [0.717, 1.165) is 0 Å². The molecule has 1 aromatic heterocycles. The van der Waals surface area contributed by atoms with Crippen molar-refractivity contribution < 1.29 is 18.7 Å². The van der Waals surface area contributed by atoms with E-state index in [4.69, 9.17) is 5.11 Å². The van der Waals surface area contributed by atoms with Crippen LogP contribution in [-0.4, -0.2) is 70.6 Å². The Morgan fingerprint density at radius 2 is 2.00 bits per heavy atom. The lowest BCUT2D eigenvalue weighted by molar-refractivity contribution is -0.0773. The van der Waals surface area contributed by atoms with Gasteiger partial charge in [-0.25, -0.2) is 8.78 Å². The van der Waals surface area contributed by atoms with Crippen LogP contribution in [0.4, 0.5) is 8.78 Å². The molecule has 1 amide bonds. The van der Waals surface area contributed by atoms with E-state index in [-0.39, 0.29) is 5.91 Å². The fraction of sp³-hybridized carbons (Fsp3) is 0.615. The molecule has 0 saturated carbocycles. The van der Waals surface area contributed by atoms with Crippen LogP contribution in [0.3, 0.4) is 0 Å². The van der Waals surface area contributed by atoms with Gasteiger partial charge in [-0.1, -0.05) is 0 Å². The van der Waals surface area contributed by atoms with Crippen molar-refractivity contribution in [2.24, 2.45) is 7.05 Å². The van der Waals surface area contributed by atoms with E-state index in [1.54, 1.807) is 39.7 Å². The van der Waals surface area contributed by atoms with E-state index in [2.05, 4.69) is 0 Å². The molecule has 5 nitrogen and oxygen atoms in total. The number of alkyl halides is 2. The number of halogens is 2. The maximum Gasteiger partial charge on any atom is 0.283 e. The molecular weight excluding hydrogens is 268 g/mol. The number of aromatic nitrogens is 1. The molecule has 0 unspecified atom stereocenters. The lowest BCUT2D eigenvalue weighted by atomic mass is 10.2. The van der Waals surface area contributed by atoms with E-state index < -0.39 is 19.1 Å². The van der Waals surface area contributed by atoms with Crippen molar-refractivity contribution in [3.05, 3.63) is 24.0 Å². The minimum Gasteiger partial charge on any atom is -0.390 e. The van der Waals surface area contributed by atoms with Crippen LogP contribution >= 0.6 is 0 Å². The number of carbonyl (C=O) groups excluding carboxylic acids is 1. The number of aryl methyl sites for hydroxylation is 1. The highest BCUT2D eigenvalue weighted by Crippen LogP contribution is 2.16. The molecule has 0 aromatic carbocycles. The Morgan fingerprint density at radius 1 is 1.35 bits per heavy atom. The molecule has 1 fully saturated rings. The number of aliphatic hydroxyl groups is 1. The highest BCUT2D eigenvalue weighted by molar-refractivity contribution is 5.92. The first-order valence-corrected chi connectivity index (χ1v) is 6.54. The summed E-state index contributed by atoms with van der Waals surface area (Å²) in [4.78, 5) is 15.5. The summed E-state index contributed by atoms with van der Waals surface area (Å²) in [5.41, 5.74) is 0.596. The second-order valence-electron chi connectivity index (χ2n) is 5.09. The number of aliphatic hydroxyl groups excluding tert-OH is 1. The molecule has 1 aliphatic rings. The monoisotopic (exact) mass is 287 g/mol. The topological polar surface area (TPSA) is 48.7 Å². The summed E-state index contributed by atoms with van der Waals surface area (Å²) in [5.74, 6) is -3.16. The summed E-state index contributed by atoms with van der Waals surface area (Å²) in [5, 5.41) is 8.58. The van der Waals surface area contributed by atoms with E-state index in [0.29, 0.717) is 31.9 Å². The largest absolute Gasteiger partial charge is 0.390 e. The highest BCUT2D eigenvalue weighted by atomic mass is 19.3. The SMILES string of the molecule is Cn1cccc1C(=O)N1CCN(CC(F)(F)CO)CC1. The molecule has 1 aliphatic heterocycles. The van der Waals surface area contributed by atoms with Gasteiger partial charge in [0.05, 0.1) is 6.54 Å².